The molecule has 0 amide bonds. The monoisotopic (exact) mass is 513 g/mol. The molecule has 1 atom stereocenters. The van der Waals surface area contributed by atoms with Gasteiger partial charge >= 0.3 is 0 Å². The number of aliphatic hydroxyl groups is 2. The highest BCUT2D eigenvalue weighted by molar-refractivity contribution is 6.32. The SMILES string of the molecule is COc1ccc(C(O)(CCC(=O)c2ccc(OCCO)c(Cl)c2)C2CC2)nc1-c1ccc(F)c(C)c1. The number of ketones is 1. The first-order valence-electron chi connectivity index (χ1n) is 11.9. The van der Waals surface area contributed by atoms with Gasteiger partial charge in [0.2, 0.25) is 0 Å². The van der Waals surface area contributed by atoms with E-state index in [2.05, 4.69) is 0 Å². The lowest BCUT2D eigenvalue weighted by Crippen LogP contribution is -2.30. The number of aromatic nitrogens is 1. The second-order valence-corrected chi connectivity index (χ2v) is 9.46. The maximum absolute atomic E-state index is 13.8. The number of benzene rings is 2. The van der Waals surface area contributed by atoms with Crippen molar-refractivity contribution < 1.29 is 28.9 Å². The normalized spacial score (nSPS) is 14.8. The van der Waals surface area contributed by atoms with Crippen LogP contribution in [-0.4, -0.2) is 41.3 Å². The van der Waals surface area contributed by atoms with Crippen molar-refractivity contribution in [1.82, 2.24) is 4.98 Å². The van der Waals surface area contributed by atoms with Crippen LogP contribution in [0.3, 0.4) is 0 Å². The Balaban J connectivity index is 1.58. The third-order valence-electron chi connectivity index (χ3n) is 6.54. The minimum atomic E-state index is -1.29. The molecule has 190 valence electrons. The fraction of sp³-hybridized carbons (Fsp3) is 0.357. The average molecular weight is 514 g/mol. The number of methoxy groups -OCH3 is 1. The number of ether oxygens (including phenoxy) is 2. The standard InChI is InChI=1S/C28H29ClFNO5/c1-17-15-19(3-7-22(17)30)27-25(35-2)9-10-26(31-27)28(34,20-5-6-20)12-11-23(33)18-4-8-24(21(29)16-18)36-14-13-32/h3-4,7-10,15-16,20,32,34H,5-6,11-14H2,1-2H3. The summed E-state index contributed by atoms with van der Waals surface area (Å²) in [6, 6.07) is 12.9. The molecule has 2 N–H and O–H groups in total. The molecule has 1 aliphatic rings. The van der Waals surface area contributed by atoms with E-state index in [9.17, 15) is 14.3 Å². The van der Waals surface area contributed by atoms with Gasteiger partial charge in [0.05, 0.1) is 24.4 Å². The number of nitrogens with zero attached hydrogens (tertiary/aromatic N) is 1. The van der Waals surface area contributed by atoms with Crippen LogP contribution in [0.25, 0.3) is 11.3 Å². The van der Waals surface area contributed by atoms with Crippen molar-refractivity contribution in [1.29, 1.82) is 0 Å². The Bertz CT molecular complexity index is 1260. The highest BCUT2D eigenvalue weighted by Gasteiger charge is 2.46. The molecule has 1 saturated carbocycles. The Morgan fingerprint density at radius 2 is 1.92 bits per heavy atom. The highest BCUT2D eigenvalue weighted by atomic mass is 35.5. The van der Waals surface area contributed by atoms with E-state index in [0.717, 1.165) is 12.8 Å². The molecule has 0 spiro atoms. The summed E-state index contributed by atoms with van der Waals surface area (Å²) in [5.41, 5.74) is 1.26. The average Bonchev–Trinajstić information content (AvgIpc) is 3.74. The van der Waals surface area contributed by atoms with E-state index in [1.165, 1.54) is 19.2 Å². The summed E-state index contributed by atoms with van der Waals surface area (Å²) < 4.78 is 24.7. The van der Waals surface area contributed by atoms with Gasteiger partial charge in [0.1, 0.15) is 35.2 Å². The van der Waals surface area contributed by atoms with Crippen LogP contribution >= 0.6 is 11.6 Å². The molecule has 1 heterocycles. The van der Waals surface area contributed by atoms with Gasteiger partial charge in [-0.15, -0.1) is 0 Å². The summed E-state index contributed by atoms with van der Waals surface area (Å²) in [4.78, 5) is 17.7. The second-order valence-electron chi connectivity index (χ2n) is 9.05. The molecule has 0 bridgehead atoms. The van der Waals surface area contributed by atoms with Gasteiger partial charge in [0, 0.05) is 17.5 Å². The van der Waals surface area contributed by atoms with Crippen LogP contribution in [0.1, 0.15) is 47.3 Å². The Morgan fingerprint density at radius 1 is 1.17 bits per heavy atom. The largest absolute Gasteiger partial charge is 0.494 e. The van der Waals surface area contributed by atoms with Crippen LogP contribution in [0.5, 0.6) is 11.5 Å². The van der Waals surface area contributed by atoms with E-state index in [-0.39, 0.29) is 48.6 Å². The van der Waals surface area contributed by atoms with Crippen molar-refractivity contribution in [3.8, 4) is 22.8 Å². The molecule has 1 aromatic heterocycles. The number of hydrogen-bond donors (Lipinski definition) is 2. The maximum Gasteiger partial charge on any atom is 0.163 e. The van der Waals surface area contributed by atoms with Gasteiger partial charge in [-0.25, -0.2) is 9.37 Å². The van der Waals surface area contributed by atoms with Gasteiger partial charge in [-0.05, 0) is 86.2 Å². The minimum absolute atomic E-state index is 0.00755. The summed E-state index contributed by atoms with van der Waals surface area (Å²) in [5, 5.41) is 21.0. The summed E-state index contributed by atoms with van der Waals surface area (Å²) in [5.74, 6) is 0.425. The molecular formula is C28H29ClFNO5. The summed E-state index contributed by atoms with van der Waals surface area (Å²) in [6.07, 6.45) is 1.97. The van der Waals surface area contributed by atoms with Gasteiger partial charge in [-0.3, -0.25) is 4.79 Å². The zero-order chi connectivity index (χ0) is 25.9. The Morgan fingerprint density at radius 3 is 2.56 bits per heavy atom. The van der Waals surface area contributed by atoms with E-state index in [4.69, 9.17) is 31.2 Å². The van der Waals surface area contributed by atoms with E-state index >= 15 is 0 Å². The van der Waals surface area contributed by atoms with Gasteiger partial charge in [-0.1, -0.05) is 11.6 Å². The summed E-state index contributed by atoms with van der Waals surface area (Å²) in [7, 11) is 1.54. The predicted molar refractivity (Wildman–Crippen MR) is 135 cm³/mol. The number of pyridine rings is 1. The molecular weight excluding hydrogens is 485 g/mol. The smallest absolute Gasteiger partial charge is 0.163 e. The van der Waals surface area contributed by atoms with Crippen LogP contribution < -0.4 is 9.47 Å². The van der Waals surface area contributed by atoms with Crippen molar-refractivity contribution in [2.24, 2.45) is 5.92 Å². The number of halogens is 2. The third-order valence-corrected chi connectivity index (χ3v) is 6.84. The number of carbonyl (C=O) groups is 1. The van der Waals surface area contributed by atoms with Gasteiger partial charge in [0.15, 0.2) is 5.78 Å². The van der Waals surface area contributed by atoms with Crippen LogP contribution in [0.15, 0.2) is 48.5 Å². The quantitative estimate of drug-likeness (QED) is 0.330. The predicted octanol–water partition coefficient (Wildman–Crippen LogP) is 5.49. The van der Waals surface area contributed by atoms with E-state index in [1.807, 2.05) is 0 Å². The third kappa shape index (κ3) is 5.53. The molecule has 0 saturated heterocycles. The zero-order valence-electron chi connectivity index (χ0n) is 20.3. The van der Waals surface area contributed by atoms with Crippen LogP contribution in [-0.2, 0) is 5.60 Å². The first-order chi connectivity index (χ1) is 17.3. The first-order valence-corrected chi connectivity index (χ1v) is 12.3. The van der Waals surface area contributed by atoms with Crippen LogP contribution in [0.4, 0.5) is 4.39 Å². The lowest BCUT2D eigenvalue weighted by molar-refractivity contribution is -0.00110. The molecule has 1 fully saturated rings. The molecule has 0 radical (unpaired) electrons. The van der Waals surface area contributed by atoms with Crippen molar-refractivity contribution in [2.75, 3.05) is 20.3 Å². The summed E-state index contributed by atoms with van der Waals surface area (Å²) in [6.45, 7) is 1.65. The van der Waals surface area contributed by atoms with E-state index in [0.29, 0.717) is 39.6 Å². The first kappa shape index (κ1) is 26.1. The minimum Gasteiger partial charge on any atom is -0.494 e. The fourth-order valence-corrected chi connectivity index (χ4v) is 4.58. The van der Waals surface area contributed by atoms with Crippen LogP contribution in [0.2, 0.25) is 5.02 Å². The molecule has 1 unspecified atom stereocenters. The molecule has 2 aromatic carbocycles. The van der Waals surface area contributed by atoms with Gasteiger partial charge < -0.3 is 19.7 Å². The van der Waals surface area contributed by atoms with Crippen molar-refractivity contribution in [2.45, 2.75) is 38.2 Å². The number of carbonyl (C=O) groups excluding carboxylic acids is 1. The van der Waals surface area contributed by atoms with Gasteiger partial charge in [-0.2, -0.15) is 0 Å². The lowest BCUT2D eigenvalue weighted by Gasteiger charge is -2.28. The van der Waals surface area contributed by atoms with Gasteiger partial charge in [0.25, 0.3) is 0 Å². The number of aryl methyl sites for hydroxylation is 1. The maximum atomic E-state index is 13.8. The summed E-state index contributed by atoms with van der Waals surface area (Å²) >= 11 is 6.23. The number of hydrogen-bond acceptors (Lipinski definition) is 6. The molecule has 8 heteroatoms. The van der Waals surface area contributed by atoms with Crippen molar-refractivity contribution in [3.63, 3.8) is 0 Å². The molecule has 3 aromatic rings. The topological polar surface area (TPSA) is 88.9 Å². The second kappa shape index (κ2) is 10.9. The number of Topliss-reactive ketones (excluding diaryl/α,β-unsaturated/α-hetero) is 1. The van der Waals surface area contributed by atoms with Crippen molar-refractivity contribution >= 4 is 17.4 Å². The Kier molecular flexibility index (Phi) is 7.93. The molecule has 4 rings (SSSR count). The van der Waals surface area contributed by atoms with E-state index < -0.39 is 5.60 Å². The number of aliphatic hydroxyl groups excluding tert-OH is 1. The number of rotatable bonds is 11. The Labute approximate surface area is 214 Å². The molecule has 6 nitrogen and oxygen atoms in total. The lowest BCUT2D eigenvalue weighted by atomic mass is 9.86. The molecule has 1 aliphatic carbocycles. The van der Waals surface area contributed by atoms with E-state index in [1.54, 1.807) is 43.3 Å². The van der Waals surface area contributed by atoms with Crippen molar-refractivity contribution in [3.05, 3.63) is 76.2 Å². The fourth-order valence-electron chi connectivity index (χ4n) is 4.35. The van der Waals surface area contributed by atoms with Crippen LogP contribution in [0, 0.1) is 18.7 Å². The molecule has 36 heavy (non-hydrogen) atoms. The highest BCUT2D eigenvalue weighted by Crippen LogP contribution is 2.49. The Hall–Kier alpha value is -3.00. The zero-order valence-corrected chi connectivity index (χ0v) is 21.0. The molecule has 0 aliphatic heterocycles.